The maximum atomic E-state index is 11.1. The highest BCUT2D eigenvalue weighted by Crippen LogP contribution is 2.34. The van der Waals surface area contributed by atoms with Crippen LogP contribution in [-0.2, 0) is 19.1 Å². The van der Waals surface area contributed by atoms with Gasteiger partial charge in [-0.1, -0.05) is 12.2 Å². The Morgan fingerprint density at radius 3 is 2.42 bits per heavy atom. The largest absolute Gasteiger partial charge is 0.370 e. The van der Waals surface area contributed by atoms with Crippen molar-refractivity contribution in [3.05, 3.63) is 12.2 Å². The van der Waals surface area contributed by atoms with Crippen molar-refractivity contribution in [1.82, 2.24) is 0 Å². The summed E-state index contributed by atoms with van der Waals surface area (Å²) in [6, 6.07) is 0.125. The van der Waals surface area contributed by atoms with Gasteiger partial charge in [0.25, 0.3) is 0 Å². The molecule has 0 spiro atoms. The lowest BCUT2D eigenvalue weighted by Gasteiger charge is -2.35. The first-order valence-corrected chi connectivity index (χ1v) is 8.98. The van der Waals surface area contributed by atoms with E-state index < -0.39 is 0 Å². The van der Waals surface area contributed by atoms with Gasteiger partial charge >= 0.3 is 0 Å². The molecule has 5 nitrogen and oxygen atoms in total. The second kappa shape index (κ2) is 7.70. The van der Waals surface area contributed by atoms with E-state index in [1.807, 2.05) is 6.92 Å². The second-order valence-corrected chi connectivity index (χ2v) is 7.41. The molecule has 3 heterocycles. The highest BCUT2D eigenvalue weighted by atomic mass is 16.5. The SMILES string of the molecule is C=C1CCC2OCC(=O)CC2C1.CC1=NC2CC(=O)COC2CC1. The minimum Gasteiger partial charge on any atom is -0.370 e. The normalized spacial score (nSPS) is 36.0. The molecule has 0 N–H and O–H groups in total. The number of carbonyl (C=O) groups is 2. The molecule has 132 valence electrons. The summed E-state index contributed by atoms with van der Waals surface area (Å²) in [5.41, 5.74) is 2.45. The Morgan fingerprint density at radius 2 is 1.62 bits per heavy atom. The number of hydrogen-bond donors (Lipinski definition) is 0. The van der Waals surface area contributed by atoms with E-state index >= 15 is 0 Å². The fraction of sp³-hybridized carbons (Fsp3) is 0.737. The monoisotopic (exact) mass is 333 g/mol. The van der Waals surface area contributed by atoms with Gasteiger partial charge in [-0.2, -0.15) is 0 Å². The maximum absolute atomic E-state index is 11.1. The average Bonchev–Trinajstić information content (AvgIpc) is 2.54. The summed E-state index contributed by atoms with van der Waals surface area (Å²) < 4.78 is 10.8. The van der Waals surface area contributed by atoms with E-state index in [0.29, 0.717) is 38.1 Å². The summed E-state index contributed by atoms with van der Waals surface area (Å²) >= 11 is 0. The third kappa shape index (κ3) is 4.39. The van der Waals surface area contributed by atoms with Crippen molar-refractivity contribution < 1.29 is 19.1 Å². The number of ether oxygens (including phenoxy) is 2. The van der Waals surface area contributed by atoms with E-state index in [1.165, 1.54) is 5.57 Å². The third-order valence-corrected chi connectivity index (χ3v) is 5.31. The molecular weight excluding hydrogens is 306 g/mol. The molecule has 0 aromatic carbocycles. The Labute approximate surface area is 143 Å². The molecule has 0 radical (unpaired) electrons. The minimum atomic E-state index is 0.125. The first-order chi connectivity index (χ1) is 11.5. The molecule has 0 bridgehead atoms. The third-order valence-electron chi connectivity index (χ3n) is 5.31. The molecule has 1 aliphatic carbocycles. The topological polar surface area (TPSA) is 65.0 Å². The molecule has 1 saturated carbocycles. The van der Waals surface area contributed by atoms with E-state index in [9.17, 15) is 9.59 Å². The van der Waals surface area contributed by atoms with E-state index in [1.54, 1.807) is 0 Å². The van der Waals surface area contributed by atoms with E-state index in [2.05, 4.69) is 11.6 Å². The summed E-state index contributed by atoms with van der Waals surface area (Å²) in [6.45, 7) is 6.63. The molecular formula is C19H27NO4. The van der Waals surface area contributed by atoms with Gasteiger partial charge < -0.3 is 9.47 Å². The number of aliphatic imine (C=N–C) groups is 1. The van der Waals surface area contributed by atoms with Crippen molar-refractivity contribution >= 4 is 17.3 Å². The molecule has 24 heavy (non-hydrogen) atoms. The minimum absolute atomic E-state index is 0.125. The Hall–Kier alpha value is -1.33. The molecule has 4 rings (SSSR count). The predicted molar refractivity (Wildman–Crippen MR) is 91.3 cm³/mol. The number of ketones is 2. The van der Waals surface area contributed by atoms with Crippen LogP contribution >= 0.6 is 0 Å². The van der Waals surface area contributed by atoms with Gasteiger partial charge in [0.1, 0.15) is 13.2 Å². The molecule has 3 aliphatic heterocycles. The van der Waals surface area contributed by atoms with Crippen LogP contribution < -0.4 is 0 Å². The van der Waals surface area contributed by atoms with Crippen LogP contribution in [0.1, 0.15) is 51.9 Å². The number of nitrogens with zero attached hydrogens (tertiary/aromatic N) is 1. The number of rotatable bonds is 0. The fourth-order valence-corrected chi connectivity index (χ4v) is 4.00. The van der Waals surface area contributed by atoms with Crippen molar-refractivity contribution in [3.63, 3.8) is 0 Å². The van der Waals surface area contributed by atoms with Crippen molar-refractivity contribution in [2.24, 2.45) is 10.9 Å². The zero-order chi connectivity index (χ0) is 17.1. The zero-order valence-corrected chi connectivity index (χ0v) is 14.5. The van der Waals surface area contributed by atoms with Gasteiger partial charge in [0, 0.05) is 18.6 Å². The molecule has 4 unspecified atom stereocenters. The molecule has 4 aliphatic rings. The Kier molecular flexibility index (Phi) is 5.61. The molecule has 0 aromatic rings. The summed E-state index contributed by atoms with van der Waals surface area (Å²) in [4.78, 5) is 26.5. The lowest BCUT2D eigenvalue weighted by Crippen LogP contribution is -2.40. The zero-order valence-electron chi connectivity index (χ0n) is 14.5. The molecule has 4 atom stereocenters. The van der Waals surface area contributed by atoms with Crippen molar-refractivity contribution in [3.8, 4) is 0 Å². The van der Waals surface area contributed by atoms with E-state index in [0.717, 1.165) is 37.8 Å². The molecule has 3 fully saturated rings. The van der Waals surface area contributed by atoms with Crippen LogP contribution in [0.5, 0.6) is 0 Å². The number of carbonyl (C=O) groups excluding carboxylic acids is 2. The molecule has 2 saturated heterocycles. The standard InChI is InChI=1S/C10H14O2.C9H13NO2/c1-7-2-3-10-8(4-7)5-9(11)6-12-10;1-6-2-3-9-8(10-6)4-7(11)5-12-9/h8,10H,1-6H2;8-9H,2-5H2,1H3. The van der Waals surface area contributed by atoms with Crippen LogP contribution in [0.3, 0.4) is 0 Å². The van der Waals surface area contributed by atoms with E-state index in [4.69, 9.17) is 9.47 Å². The smallest absolute Gasteiger partial charge is 0.160 e. The number of Topliss-reactive ketones (excluding diaryl/α,β-unsaturated/α-hetero) is 2. The molecule has 0 aromatic heterocycles. The lowest BCUT2D eigenvalue weighted by molar-refractivity contribution is -0.137. The first kappa shape index (κ1) is 17.5. The molecule has 5 heteroatoms. The lowest BCUT2D eigenvalue weighted by atomic mass is 9.79. The Morgan fingerprint density at radius 1 is 0.958 bits per heavy atom. The fourth-order valence-electron chi connectivity index (χ4n) is 4.00. The van der Waals surface area contributed by atoms with Crippen LogP contribution in [-0.4, -0.2) is 48.7 Å². The van der Waals surface area contributed by atoms with Gasteiger partial charge in [0.2, 0.25) is 0 Å². The summed E-state index contributed by atoms with van der Waals surface area (Å²) in [6.07, 6.45) is 7.05. The maximum Gasteiger partial charge on any atom is 0.160 e. The van der Waals surface area contributed by atoms with Crippen LogP contribution in [0.4, 0.5) is 0 Å². The van der Waals surface area contributed by atoms with Crippen LogP contribution in [0.15, 0.2) is 17.1 Å². The van der Waals surface area contributed by atoms with Gasteiger partial charge in [-0.25, -0.2) is 0 Å². The molecule has 0 amide bonds. The van der Waals surface area contributed by atoms with Crippen LogP contribution in [0.25, 0.3) is 0 Å². The second-order valence-electron chi connectivity index (χ2n) is 7.41. The highest BCUT2D eigenvalue weighted by molar-refractivity contribution is 5.85. The van der Waals surface area contributed by atoms with Crippen molar-refractivity contribution in [2.45, 2.75) is 70.1 Å². The average molecular weight is 333 g/mol. The Bertz CT molecular complexity index is 532. The Balaban J connectivity index is 0.000000141. The quantitative estimate of drug-likeness (QED) is 0.639. The van der Waals surface area contributed by atoms with Crippen molar-refractivity contribution in [2.75, 3.05) is 13.2 Å². The van der Waals surface area contributed by atoms with Gasteiger partial charge in [-0.3, -0.25) is 14.6 Å². The van der Waals surface area contributed by atoms with Crippen LogP contribution in [0, 0.1) is 5.92 Å². The van der Waals surface area contributed by atoms with E-state index in [-0.39, 0.29) is 23.7 Å². The number of allylic oxidation sites excluding steroid dienone is 1. The first-order valence-electron chi connectivity index (χ1n) is 8.98. The predicted octanol–water partition coefficient (Wildman–Crippen LogP) is 2.67. The van der Waals surface area contributed by atoms with Gasteiger partial charge in [-0.15, -0.1) is 0 Å². The van der Waals surface area contributed by atoms with Crippen LogP contribution in [0.2, 0.25) is 0 Å². The summed E-state index contributed by atoms with van der Waals surface area (Å²) in [5.74, 6) is 0.883. The number of fused-ring (bicyclic) bond motifs is 2. The number of hydrogen-bond acceptors (Lipinski definition) is 5. The van der Waals surface area contributed by atoms with Gasteiger partial charge in [0.05, 0.1) is 18.2 Å². The summed E-state index contributed by atoms with van der Waals surface area (Å²) in [7, 11) is 0. The summed E-state index contributed by atoms with van der Waals surface area (Å²) in [5, 5.41) is 0. The highest BCUT2D eigenvalue weighted by Gasteiger charge is 2.33. The van der Waals surface area contributed by atoms with Crippen molar-refractivity contribution in [1.29, 1.82) is 0 Å². The van der Waals surface area contributed by atoms with Gasteiger partial charge in [0.15, 0.2) is 11.6 Å². The van der Waals surface area contributed by atoms with Gasteiger partial charge in [-0.05, 0) is 44.9 Å².